The van der Waals surface area contributed by atoms with Crippen LogP contribution < -0.4 is 0 Å². The molecule has 0 aromatic rings. The third-order valence-corrected chi connectivity index (χ3v) is 10.7. The highest BCUT2D eigenvalue weighted by Crippen LogP contribution is 2.42. The lowest BCUT2D eigenvalue weighted by molar-refractivity contribution is -0.119. The predicted molar refractivity (Wildman–Crippen MR) is 95.3 cm³/mol. The van der Waals surface area contributed by atoms with Gasteiger partial charge < -0.3 is 4.43 Å². The Hall–Kier alpha value is -0.413. The van der Waals surface area contributed by atoms with Crippen molar-refractivity contribution >= 4 is 14.1 Å². The molecular formula is C18H36O2Si. The molecule has 0 saturated heterocycles. The number of unbranched alkanes of at least 4 members (excludes halogenated alkanes) is 1. The van der Waals surface area contributed by atoms with Crippen molar-refractivity contribution < 1.29 is 9.22 Å². The van der Waals surface area contributed by atoms with Gasteiger partial charge in [-0.05, 0) is 35.9 Å². The summed E-state index contributed by atoms with van der Waals surface area (Å²) in [5.74, 6) is 0.356. The van der Waals surface area contributed by atoms with Crippen molar-refractivity contribution in [2.75, 3.05) is 6.61 Å². The summed E-state index contributed by atoms with van der Waals surface area (Å²) in [7, 11) is -1.72. The molecule has 21 heavy (non-hydrogen) atoms. The van der Waals surface area contributed by atoms with E-state index in [-0.39, 0.29) is 0 Å². The van der Waals surface area contributed by atoms with Crippen LogP contribution in [0.1, 0.15) is 73.6 Å². The number of allylic oxidation sites excluding steroid dienone is 1. The molecule has 0 bridgehead atoms. The van der Waals surface area contributed by atoms with Crippen molar-refractivity contribution in [1.29, 1.82) is 0 Å². The van der Waals surface area contributed by atoms with Gasteiger partial charge in [-0.15, -0.1) is 6.58 Å². The van der Waals surface area contributed by atoms with Crippen molar-refractivity contribution in [1.82, 2.24) is 0 Å². The zero-order valence-electron chi connectivity index (χ0n) is 15.1. The van der Waals surface area contributed by atoms with Gasteiger partial charge in [0, 0.05) is 19.4 Å². The quantitative estimate of drug-likeness (QED) is 0.255. The van der Waals surface area contributed by atoms with Crippen LogP contribution in [0.3, 0.4) is 0 Å². The summed E-state index contributed by atoms with van der Waals surface area (Å²) in [5.41, 5.74) is 1.89. The molecule has 0 fully saturated rings. The molecule has 0 rings (SSSR count). The second-order valence-corrected chi connectivity index (χ2v) is 12.4. The Bertz CT molecular complexity index is 287. The highest BCUT2D eigenvalue weighted by atomic mass is 28.4. The van der Waals surface area contributed by atoms with Gasteiger partial charge in [0.15, 0.2) is 8.32 Å². The minimum Gasteiger partial charge on any atom is -0.416 e. The summed E-state index contributed by atoms with van der Waals surface area (Å²) in [6, 6.07) is 0. The molecule has 0 aliphatic heterocycles. The molecule has 0 N–H and O–H groups in total. The van der Waals surface area contributed by atoms with E-state index in [9.17, 15) is 4.79 Å². The third kappa shape index (κ3) is 6.48. The zero-order valence-corrected chi connectivity index (χ0v) is 16.1. The van der Waals surface area contributed by atoms with Crippen molar-refractivity contribution in [3.8, 4) is 0 Å². The fraction of sp³-hybridized carbons (Fsp3) is 0.833. The van der Waals surface area contributed by atoms with Crippen LogP contribution in [0.2, 0.25) is 16.6 Å². The average Bonchev–Trinajstić information content (AvgIpc) is 2.39. The van der Waals surface area contributed by atoms with Crippen LogP contribution in [-0.4, -0.2) is 20.7 Å². The lowest BCUT2D eigenvalue weighted by Crippen LogP contribution is -2.47. The van der Waals surface area contributed by atoms with Gasteiger partial charge in [0.05, 0.1) is 0 Å². The first-order valence-corrected chi connectivity index (χ1v) is 10.7. The maximum atomic E-state index is 11.6. The Morgan fingerprint density at radius 2 is 1.52 bits per heavy atom. The molecule has 0 radical (unpaired) electrons. The number of carbonyl (C=O) groups is 1. The Balaban J connectivity index is 4.22. The van der Waals surface area contributed by atoms with E-state index in [1.807, 2.05) is 6.08 Å². The summed E-state index contributed by atoms with van der Waals surface area (Å²) < 4.78 is 6.49. The summed E-state index contributed by atoms with van der Waals surface area (Å²) >= 11 is 0. The van der Waals surface area contributed by atoms with Crippen LogP contribution in [0.5, 0.6) is 0 Å². The molecule has 0 aromatic carbocycles. The Labute approximate surface area is 133 Å². The Morgan fingerprint density at radius 1 is 1.00 bits per heavy atom. The van der Waals surface area contributed by atoms with Gasteiger partial charge in [-0.25, -0.2) is 0 Å². The van der Waals surface area contributed by atoms with Gasteiger partial charge >= 0.3 is 0 Å². The van der Waals surface area contributed by atoms with Crippen molar-refractivity contribution in [2.24, 2.45) is 0 Å². The van der Waals surface area contributed by atoms with Crippen LogP contribution in [-0.2, 0) is 9.22 Å². The van der Waals surface area contributed by atoms with E-state index in [0.29, 0.717) is 35.2 Å². The van der Waals surface area contributed by atoms with Crippen molar-refractivity contribution in [2.45, 2.75) is 90.3 Å². The fourth-order valence-corrected chi connectivity index (χ4v) is 9.06. The van der Waals surface area contributed by atoms with E-state index in [2.05, 4.69) is 48.1 Å². The van der Waals surface area contributed by atoms with Gasteiger partial charge in [0.2, 0.25) is 0 Å². The summed E-state index contributed by atoms with van der Waals surface area (Å²) in [4.78, 5) is 11.6. The average molecular weight is 313 g/mol. The minimum absolute atomic E-state index is 0.356. The van der Waals surface area contributed by atoms with Crippen molar-refractivity contribution in [3.63, 3.8) is 0 Å². The van der Waals surface area contributed by atoms with Crippen LogP contribution >= 0.6 is 0 Å². The molecule has 0 spiro atoms. The SMILES string of the molecule is C=CCCC(=O)CCCCO[Si](C(C)C)(C(C)C)C(C)C. The predicted octanol–water partition coefficient (Wildman–Crippen LogP) is 5.88. The van der Waals surface area contributed by atoms with E-state index in [1.165, 1.54) is 0 Å². The van der Waals surface area contributed by atoms with Gasteiger partial charge in [-0.2, -0.15) is 0 Å². The van der Waals surface area contributed by atoms with Crippen LogP contribution in [0, 0.1) is 0 Å². The maximum absolute atomic E-state index is 11.6. The number of ketones is 1. The lowest BCUT2D eigenvalue weighted by atomic mass is 10.1. The Kier molecular flexibility index (Phi) is 10.1. The first-order chi connectivity index (χ1) is 9.78. The summed E-state index contributed by atoms with van der Waals surface area (Å²) in [6.45, 7) is 18.3. The normalized spacial score (nSPS) is 12.4. The minimum atomic E-state index is -1.72. The molecule has 0 unspecified atom stereocenters. The third-order valence-electron chi connectivity index (χ3n) is 4.54. The Morgan fingerprint density at radius 3 is 1.95 bits per heavy atom. The molecule has 0 aromatic heterocycles. The monoisotopic (exact) mass is 312 g/mol. The van der Waals surface area contributed by atoms with E-state index < -0.39 is 8.32 Å². The maximum Gasteiger partial charge on any atom is 0.200 e. The van der Waals surface area contributed by atoms with Crippen molar-refractivity contribution in [3.05, 3.63) is 12.7 Å². The highest BCUT2D eigenvalue weighted by Gasteiger charge is 2.44. The standard InChI is InChI=1S/C18H36O2Si/c1-8-9-12-18(19)13-10-11-14-20-21(15(2)3,16(4)5)17(6)7/h8,15-17H,1,9-14H2,2-7H3. The second kappa shape index (κ2) is 10.3. The van der Waals surface area contributed by atoms with Crippen LogP contribution in [0.25, 0.3) is 0 Å². The number of rotatable bonds is 12. The summed E-state index contributed by atoms with van der Waals surface area (Å²) in [6.07, 6.45) is 5.91. The molecular weight excluding hydrogens is 276 g/mol. The molecule has 0 atom stereocenters. The lowest BCUT2D eigenvalue weighted by Gasteiger charge is -2.42. The van der Waals surface area contributed by atoms with Gasteiger partial charge in [-0.3, -0.25) is 4.79 Å². The summed E-state index contributed by atoms with van der Waals surface area (Å²) in [5, 5.41) is 0. The fourth-order valence-electron chi connectivity index (χ4n) is 3.56. The number of hydrogen-bond acceptors (Lipinski definition) is 2. The molecule has 0 saturated carbocycles. The number of carbonyl (C=O) groups excluding carboxylic acids is 1. The molecule has 2 nitrogen and oxygen atoms in total. The topological polar surface area (TPSA) is 26.3 Å². The van der Waals surface area contributed by atoms with E-state index in [1.54, 1.807) is 0 Å². The molecule has 124 valence electrons. The van der Waals surface area contributed by atoms with E-state index in [4.69, 9.17) is 4.43 Å². The number of hydrogen-bond donors (Lipinski definition) is 0. The zero-order chi connectivity index (χ0) is 16.5. The molecule has 0 heterocycles. The van der Waals surface area contributed by atoms with E-state index in [0.717, 1.165) is 25.9 Å². The van der Waals surface area contributed by atoms with Crippen LogP contribution in [0.4, 0.5) is 0 Å². The molecule has 0 aliphatic rings. The van der Waals surface area contributed by atoms with Gasteiger partial charge in [0.25, 0.3) is 0 Å². The highest BCUT2D eigenvalue weighted by molar-refractivity contribution is 6.77. The molecule has 0 aliphatic carbocycles. The molecule has 0 amide bonds. The van der Waals surface area contributed by atoms with Gasteiger partial charge in [-0.1, -0.05) is 47.6 Å². The van der Waals surface area contributed by atoms with E-state index >= 15 is 0 Å². The second-order valence-electron chi connectivity index (χ2n) is 6.99. The first kappa shape index (κ1) is 20.6. The first-order valence-electron chi connectivity index (χ1n) is 8.55. The van der Waals surface area contributed by atoms with Gasteiger partial charge in [0.1, 0.15) is 5.78 Å². The molecule has 3 heteroatoms. The van der Waals surface area contributed by atoms with Crippen LogP contribution in [0.15, 0.2) is 12.7 Å². The number of Topliss-reactive ketones (excluding diaryl/α,β-unsaturated/α-hetero) is 1. The smallest absolute Gasteiger partial charge is 0.200 e. The largest absolute Gasteiger partial charge is 0.416 e.